The maximum Gasteiger partial charge on any atom is 0.401 e. The highest BCUT2D eigenvalue weighted by Gasteiger charge is 2.31. The van der Waals surface area contributed by atoms with Gasteiger partial charge in [-0.2, -0.15) is 13.2 Å². The van der Waals surface area contributed by atoms with E-state index in [9.17, 15) is 13.2 Å². The Morgan fingerprint density at radius 1 is 1.22 bits per heavy atom. The molecule has 0 aliphatic carbocycles. The molecule has 0 aliphatic rings. The molecule has 0 aromatic carbocycles. The second-order valence-electron chi connectivity index (χ2n) is 4.48. The van der Waals surface area contributed by atoms with Gasteiger partial charge in [-0.25, -0.2) is 0 Å². The molecular weight excluding hydrogens is 245 g/mol. The number of nitrogens with one attached hydrogen (secondary N) is 1. The molecule has 0 bridgehead atoms. The summed E-state index contributed by atoms with van der Waals surface area (Å²) in [5.41, 5.74) is 0. The highest BCUT2D eigenvalue weighted by molar-refractivity contribution is 4.68. The minimum absolute atomic E-state index is 0.100. The van der Waals surface area contributed by atoms with E-state index in [1.807, 2.05) is 6.92 Å². The summed E-state index contributed by atoms with van der Waals surface area (Å²) in [5, 5.41) is 3.13. The molecule has 0 amide bonds. The van der Waals surface area contributed by atoms with Crippen LogP contribution in [0.25, 0.3) is 0 Å². The zero-order chi connectivity index (χ0) is 14.0. The van der Waals surface area contributed by atoms with Crippen molar-refractivity contribution >= 4 is 0 Å². The predicted octanol–water partition coefficient (Wildman–Crippen LogP) is 2.28. The number of halogens is 3. The van der Waals surface area contributed by atoms with Crippen molar-refractivity contribution in [1.29, 1.82) is 0 Å². The van der Waals surface area contributed by atoms with E-state index in [-0.39, 0.29) is 6.04 Å². The SMILES string of the molecule is CCOCCCNCCN(CC(F)(F)F)C(C)C. The summed E-state index contributed by atoms with van der Waals surface area (Å²) in [5.74, 6) is 0. The fourth-order valence-corrected chi connectivity index (χ4v) is 1.54. The van der Waals surface area contributed by atoms with Crippen LogP contribution in [0.1, 0.15) is 27.2 Å². The van der Waals surface area contributed by atoms with Gasteiger partial charge in [-0.3, -0.25) is 4.90 Å². The van der Waals surface area contributed by atoms with Gasteiger partial charge in [0.15, 0.2) is 0 Å². The van der Waals surface area contributed by atoms with Crippen molar-refractivity contribution in [3.05, 3.63) is 0 Å². The summed E-state index contributed by atoms with van der Waals surface area (Å²) >= 11 is 0. The van der Waals surface area contributed by atoms with Crippen LogP contribution in [0.15, 0.2) is 0 Å². The Labute approximate surface area is 108 Å². The molecule has 0 saturated heterocycles. The molecule has 1 N–H and O–H groups in total. The molecule has 0 spiro atoms. The Balaban J connectivity index is 3.65. The lowest BCUT2D eigenvalue weighted by atomic mass is 10.3. The highest BCUT2D eigenvalue weighted by atomic mass is 19.4. The molecule has 0 aromatic rings. The van der Waals surface area contributed by atoms with E-state index in [1.165, 1.54) is 4.90 Å². The zero-order valence-corrected chi connectivity index (χ0v) is 11.5. The molecule has 0 rings (SSSR count). The average molecular weight is 270 g/mol. The summed E-state index contributed by atoms with van der Waals surface area (Å²) < 4.78 is 42.1. The number of hydrogen-bond acceptors (Lipinski definition) is 3. The van der Waals surface area contributed by atoms with Gasteiger partial charge in [0.1, 0.15) is 0 Å². The van der Waals surface area contributed by atoms with Gasteiger partial charge in [-0.15, -0.1) is 0 Å². The van der Waals surface area contributed by atoms with Crippen LogP contribution in [0.4, 0.5) is 13.2 Å². The average Bonchev–Trinajstić information content (AvgIpc) is 2.24. The van der Waals surface area contributed by atoms with Crippen LogP contribution in [0.5, 0.6) is 0 Å². The van der Waals surface area contributed by atoms with Gasteiger partial charge in [0.05, 0.1) is 6.54 Å². The zero-order valence-electron chi connectivity index (χ0n) is 11.5. The highest BCUT2D eigenvalue weighted by Crippen LogP contribution is 2.17. The Kier molecular flexibility index (Phi) is 9.40. The maximum absolute atomic E-state index is 12.3. The van der Waals surface area contributed by atoms with E-state index in [0.717, 1.165) is 13.0 Å². The molecule has 6 heteroatoms. The third-order valence-electron chi connectivity index (χ3n) is 2.53. The Hall–Kier alpha value is -0.330. The molecule has 110 valence electrons. The standard InChI is InChI=1S/C12H25F3N2O/c1-4-18-9-5-6-16-7-8-17(11(2)3)10-12(13,14)15/h11,16H,4-10H2,1-3H3. The lowest BCUT2D eigenvalue weighted by molar-refractivity contribution is -0.149. The van der Waals surface area contributed by atoms with E-state index in [2.05, 4.69) is 5.32 Å². The molecule has 0 aliphatic heterocycles. The molecule has 0 aromatic heterocycles. The fourth-order valence-electron chi connectivity index (χ4n) is 1.54. The molecule has 0 saturated carbocycles. The third-order valence-corrected chi connectivity index (χ3v) is 2.53. The van der Waals surface area contributed by atoms with Crippen LogP contribution >= 0.6 is 0 Å². The van der Waals surface area contributed by atoms with Crippen LogP contribution < -0.4 is 5.32 Å². The van der Waals surface area contributed by atoms with Crippen LogP contribution in [0.2, 0.25) is 0 Å². The van der Waals surface area contributed by atoms with Crippen LogP contribution in [-0.2, 0) is 4.74 Å². The summed E-state index contributed by atoms with van der Waals surface area (Å²) in [6, 6.07) is -0.100. The summed E-state index contributed by atoms with van der Waals surface area (Å²) in [7, 11) is 0. The summed E-state index contributed by atoms with van der Waals surface area (Å²) in [6.45, 7) is 7.80. The van der Waals surface area contributed by atoms with E-state index in [4.69, 9.17) is 4.74 Å². The van der Waals surface area contributed by atoms with Crippen molar-refractivity contribution in [2.45, 2.75) is 39.4 Å². The lowest BCUT2D eigenvalue weighted by Crippen LogP contribution is -2.42. The number of hydrogen-bond donors (Lipinski definition) is 1. The van der Waals surface area contributed by atoms with Crippen molar-refractivity contribution in [1.82, 2.24) is 10.2 Å². The first kappa shape index (κ1) is 17.7. The molecule has 0 fully saturated rings. The molecule has 0 radical (unpaired) electrons. The number of nitrogens with zero attached hydrogens (tertiary/aromatic N) is 1. The van der Waals surface area contributed by atoms with Crippen molar-refractivity contribution in [3.8, 4) is 0 Å². The summed E-state index contributed by atoms with van der Waals surface area (Å²) in [4.78, 5) is 1.43. The molecule has 3 nitrogen and oxygen atoms in total. The minimum Gasteiger partial charge on any atom is -0.382 e. The first-order valence-corrected chi connectivity index (χ1v) is 6.46. The van der Waals surface area contributed by atoms with E-state index in [0.29, 0.717) is 26.3 Å². The Morgan fingerprint density at radius 3 is 2.39 bits per heavy atom. The monoisotopic (exact) mass is 270 g/mol. The lowest BCUT2D eigenvalue weighted by Gasteiger charge is -2.27. The van der Waals surface area contributed by atoms with Gasteiger partial charge < -0.3 is 10.1 Å². The Morgan fingerprint density at radius 2 is 1.89 bits per heavy atom. The maximum atomic E-state index is 12.3. The van der Waals surface area contributed by atoms with Crippen molar-refractivity contribution in [3.63, 3.8) is 0 Å². The second-order valence-corrected chi connectivity index (χ2v) is 4.48. The largest absolute Gasteiger partial charge is 0.401 e. The molecule has 0 atom stereocenters. The van der Waals surface area contributed by atoms with Crippen LogP contribution in [0, 0.1) is 0 Å². The molecule has 18 heavy (non-hydrogen) atoms. The van der Waals surface area contributed by atoms with E-state index in [1.54, 1.807) is 13.8 Å². The Bertz CT molecular complexity index is 198. The summed E-state index contributed by atoms with van der Waals surface area (Å²) in [6.07, 6.45) is -3.24. The topological polar surface area (TPSA) is 24.5 Å². The van der Waals surface area contributed by atoms with Gasteiger partial charge in [-0.1, -0.05) is 0 Å². The van der Waals surface area contributed by atoms with Gasteiger partial charge in [0.25, 0.3) is 0 Å². The first-order valence-electron chi connectivity index (χ1n) is 6.46. The molecule has 0 unspecified atom stereocenters. The smallest absolute Gasteiger partial charge is 0.382 e. The van der Waals surface area contributed by atoms with Gasteiger partial charge in [0, 0.05) is 32.3 Å². The van der Waals surface area contributed by atoms with Crippen LogP contribution in [-0.4, -0.2) is 56.5 Å². The van der Waals surface area contributed by atoms with Gasteiger partial charge >= 0.3 is 6.18 Å². The molecule has 0 heterocycles. The van der Waals surface area contributed by atoms with Crippen molar-refractivity contribution in [2.24, 2.45) is 0 Å². The van der Waals surface area contributed by atoms with E-state index < -0.39 is 12.7 Å². The second kappa shape index (κ2) is 9.58. The van der Waals surface area contributed by atoms with Crippen molar-refractivity contribution in [2.75, 3.05) is 39.4 Å². The van der Waals surface area contributed by atoms with Gasteiger partial charge in [0.2, 0.25) is 0 Å². The quantitative estimate of drug-likeness (QED) is 0.616. The predicted molar refractivity (Wildman–Crippen MR) is 66.7 cm³/mol. The first-order chi connectivity index (χ1) is 8.37. The van der Waals surface area contributed by atoms with Crippen LogP contribution in [0.3, 0.4) is 0 Å². The fraction of sp³-hybridized carbons (Fsp3) is 1.00. The number of alkyl halides is 3. The third kappa shape index (κ3) is 10.8. The van der Waals surface area contributed by atoms with Gasteiger partial charge in [-0.05, 0) is 33.7 Å². The molecular formula is C12H25F3N2O. The van der Waals surface area contributed by atoms with Crippen molar-refractivity contribution < 1.29 is 17.9 Å². The minimum atomic E-state index is -4.13. The normalized spacial score (nSPS) is 12.7. The number of rotatable bonds is 10. The van der Waals surface area contributed by atoms with E-state index >= 15 is 0 Å². The number of ether oxygens (including phenoxy) is 1.